The first-order valence-electron chi connectivity index (χ1n) is 3.23. The van der Waals surface area contributed by atoms with Crippen LogP contribution in [0.1, 0.15) is 0 Å². The van der Waals surface area contributed by atoms with E-state index < -0.39 is 0 Å². The molecular weight excluding hydrogens is 158 g/mol. The van der Waals surface area contributed by atoms with Gasteiger partial charge in [-0.2, -0.15) is 4.99 Å². The van der Waals surface area contributed by atoms with E-state index in [1.165, 1.54) is 25.3 Å². The van der Waals surface area contributed by atoms with Crippen molar-refractivity contribution in [3.8, 4) is 11.5 Å². The second-order valence-electron chi connectivity index (χ2n) is 2.06. The molecule has 0 aliphatic rings. The molecule has 0 bridgehead atoms. The van der Waals surface area contributed by atoms with Gasteiger partial charge < -0.3 is 9.84 Å². The summed E-state index contributed by atoms with van der Waals surface area (Å²) in [6, 6.07) is 4.39. The summed E-state index contributed by atoms with van der Waals surface area (Å²) < 4.78 is 4.79. The van der Waals surface area contributed by atoms with Crippen molar-refractivity contribution in [1.29, 1.82) is 0 Å². The van der Waals surface area contributed by atoms with Gasteiger partial charge in [0, 0.05) is 6.07 Å². The molecule has 0 aromatic heterocycles. The molecule has 1 rings (SSSR count). The quantitative estimate of drug-likeness (QED) is 0.531. The minimum absolute atomic E-state index is 0.0472. The fourth-order valence-corrected chi connectivity index (χ4v) is 0.801. The van der Waals surface area contributed by atoms with Crippen molar-refractivity contribution in [2.45, 2.75) is 0 Å². The Bertz CT molecular complexity index is 329. The van der Waals surface area contributed by atoms with Gasteiger partial charge in [0.1, 0.15) is 0 Å². The molecule has 0 unspecified atom stereocenters. The van der Waals surface area contributed by atoms with Crippen LogP contribution < -0.4 is 4.74 Å². The number of phenolic OH excluding ortho intramolecular Hbond substituents is 1. The van der Waals surface area contributed by atoms with Crippen LogP contribution in [0, 0.1) is 0 Å². The average molecular weight is 165 g/mol. The molecule has 0 fully saturated rings. The molecule has 0 atom stereocenters. The monoisotopic (exact) mass is 165 g/mol. The number of phenols is 1. The number of benzene rings is 1. The Morgan fingerprint density at radius 2 is 2.33 bits per heavy atom. The summed E-state index contributed by atoms with van der Waals surface area (Å²) >= 11 is 0. The molecule has 12 heavy (non-hydrogen) atoms. The molecule has 62 valence electrons. The molecular formula is C8H7NO3. The zero-order valence-electron chi connectivity index (χ0n) is 6.44. The summed E-state index contributed by atoms with van der Waals surface area (Å²) in [5.74, 6) is 0.300. The van der Waals surface area contributed by atoms with Gasteiger partial charge >= 0.3 is 0 Å². The van der Waals surface area contributed by atoms with Crippen molar-refractivity contribution in [3.05, 3.63) is 18.2 Å². The van der Waals surface area contributed by atoms with Crippen LogP contribution in [-0.2, 0) is 4.79 Å². The third-order valence-electron chi connectivity index (χ3n) is 1.34. The van der Waals surface area contributed by atoms with Gasteiger partial charge in [-0.1, -0.05) is 0 Å². The highest BCUT2D eigenvalue weighted by Gasteiger charge is 2.00. The summed E-state index contributed by atoms with van der Waals surface area (Å²) in [4.78, 5) is 13.2. The summed E-state index contributed by atoms with van der Waals surface area (Å²) in [6.07, 6.45) is 1.37. The van der Waals surface area contributed by atoms with Crippen LogP contribution in [-0.4, -0.2) is 18.3 Å². The maximum atomic E-state index is 9.84. The predicted octanol–water partition coefficient (Wildman–Crippen LogP) is 1.37. The molecule has 0 radical (unpaired) electrons. The largest absolute Gasteiger partial charge is 0.504 e. The molecule has 1 N–H and O–H groups in total. The first kappa shape index (κ1) is 8.30. The van der Waals surface area contributed by atoms with E-state index in [1.54, 1.807) is 6.07 Å². The van der Waals surface area contributed by atoms with Crippen LogP contribution in [0.3, 0.4) is 0 Å². The summed E-state index contributed by atoms with van der Waals surface area (Å²) in [5, 5.41) is 9.20. The van der Waals surface area contributed by atoms with Gasteiger partial charge in [-0.15, -0.1) is 0 Å². The van der Waals surface area contributed by atoms with Crippen LogP contribution in [0.25, 0.3) is 0 Å². The van der Waals surface area contributed by atoms with E-state index in [1.807, 2.05) is 0 Å². The number of ether oxygens (including phenoxy) is 1. The van der Waals surface area contributed by atoms with E-state index in [4.69, 9.17) is 4.74 Å². The van der Waals surface area contributed by atoms with Gasteiger partial charge in [0.25, 0.3) is 0 Å². The fraction of sp³-hybridized carbons (Fsp3) is 0.125. The molecule has 0 saturated carbocycles. The molecule has 1 aromatic rings. The van der Waals surface area contributed by atoms with E-state index in [-0.39, 0.29) is 5.75 Å². The predicted molar refractivity (Wildman–Crippen MR) is 42.4 cm³/mol. The van der Waals surface area contributed by atoms with E-state index in [2.05, 4.69) is 4.99 Å². The first-order chi connectivity index (χ1) is 5.77. The summed E-state index contributed by atoms with van der Waals surface area (Å²) in [7, 11) is 1.44. The standard InChI is InChI=1S/C8H7NO3/c1-12-8-3-2-6(9-5-10)4-7(8)11/h2-4,11H,1H3. The molecule has 0 amide bonds. The SMILES string of the molecule is COc1ccc(N=C=O)cc1O. The third kappa shape index (κ3) is 1.62. The molecule has 4 heteroatoms. The minimum Gasteiger partial charge on any atom is -0.504 e. The number of methoxy groups -OCH3 is 1. The Morgan fingerprint density at radius 3 is 2.83 bits per heavy atom. The zero-order valence-corrected chi connectivity index (χ0v) is 6.44. The summed E-state index contributed by atoms with van der Waals surface area (Å²) in [6.45, 7) is 0. The highest BCUT2D eigenvalue weighted by Crippen LogP contribution is 2.29. The van der Waals surface area contributed by atoms with E-state index >= 15 is 0 Å². The van der Waals surface area contributed by atoms with Crippen LogP contribution in [0.15, 0.2) is 23.2 Å². The number of nitrogens with zero attached hydrogens (tertiary/aromatic N) is 1. The number of hydrogen-bond acceptors (Lipinski definition) is 4. The lowest BCUT2D eigenvalue weighted by Crippen LogP contribution is -1.81. The second-order valence-corrected chi connectivity index (χ2v) is 2.06. The van der Waals surface area contributed by atoms with E-state index in [9.17, 15) is 9.90 Å². The van der Waals surface area contributed by atoms with Crippen molar-refractivity contribution < 1.29 is 14.6 Å². The molecule has 0 aliphatic carbocycles. The zero-order chi connectivity index (χ0) is 8.97. The Kier molecular flexibility index (Phi) is 2.46. The molecule has 0 spiro atoms. The molecule has 1 aromatic carbocycles. The van der Waals surface area contributed by atoms with Crippen molar-refractivity contribution >= 4 is 11.8 Å². The maximum Gasteiger partial charge on any atom is 0.240 e. The Hall–Kier alpha value is -1.80. The second kappa shape index (κ2) is 3.55. The van der Waals surface area contributed by atoms with E-state index in [0.29, 0.717) is 11.4 Å². The lowest BCUT2D eigenvalue weighted by atomic mass is 10.3. The number of carbonyl (C=O) groups excluding carboxylic acids is 1. The lowest BCUT2D eigenvalue weighted by molar-refractivity contribution is 0.373. The van der Waals surface area contributed by atoms with Gasteiger partial charge in [-0.05, 0) is 12.1 Å². The highest BCUT2D eigenvalue weighted by atomic mass is 16.5. The number of isocyanates is 1. The highest BCUT2D eigenvalue weighted by molar-refractivity contribution is 5.55. The first-order valence-corrected chi connectivity index (χ1v) is 3.23. The van der Waals surface area contributed by atoms with Crippen LogP contribution in [0.4, 0.5) is 5.69 Å². The van der Waals surface area contributed by atoms with Crippen molar-refractivity contribution in [2.24, 2.45) is 4.99 Å². The van der Waals surface area contributed by atoms with Crippen LogP contribution >= 0.6 is 0 Å². The average Bonchev–Trinajstić information content (AvgIpc) is 2.05. The van der Waals surface area contributed by atoms with Gasteiger partial charge in [0.05, 0.1) is 12.8 Å². The topological polar surface area (TPSA) is 58.9 Å². The molecule has 0 saturated heterocycles. The lowest BCUT2D eigenvalue weighted by Gasteiger charge is -2.01. The van der Waals surface area contributed by atoms with Crippen molar-refractivity contribution in [2.75, 3.05) is 7.11 Å². The maximum absolute atomic E-state index is 9.84. The van der Waals surface area contributed by atoms with Crippen LogP contribution in [0.5, 0.6) is 11.5 Å². The van der Waals surface area contributed by atoms with Gasteiger partial charge in [0.15, 0.2) is 11.5 Å². The van der Waals surface area contributed by atoms with Gasteiger partial charge in [-0.3, -0.25) is 0 Å². The Labute approximate surface area is 69.1 Å². The van der Waals surface area contributed by atoms with Gasteiger partial charge in [-0.25, -0.2) is 4.79 Å². The van der Waals surface area contributed by atoms with Crippen molar-refractivity contribution in [3.63, 3.8) is 0 Å². The molecule has 0 heterocycles. The Morgan fingerprint density at radius 1 is 1.58 bits per heavy atom. The number of rotatable bonds is 2. The third-order valence-corrected chi connectivity index (χ3v) is 1.34. The summed E-state index contributed by atoms with van der Waals surface area (Å²) in [5.41, 5.74) is 0.350. The molecule has 0 aliphatic heterocycles. The van der Waals surface area contributed by atoms with Gasteiger partial charge in [0.2, 0.25) is 6.08 Å². The minimum atomic E-state index is -0.0472. The van der Waals surface area contributed by atoms with Crippen LogP contribution in [0.2, 0.25) is 0 Å². The number of aromatic hydroxyl groups is 1. The smallest absolute Gasteiger partial charge is 0.240 e. The molecule has 4 nitrogen and oxygen atoms in total. The fourth-order valence-electron chi connectivity index (χ4n) is 0.801. The number of hydrogen-bond donors (Lipinski definition) is 1. The number of aliphatic imine (C=N–C) groups is 1. The normalized spacial score (nSPS) is 8.75. The Balaban J connectivity index is 3.09. The van der Waals surface area contributed by atoms with Crippen molar-refractivity contribution in [1.82, 2.24) is 0 Å². The van der Waals surface area contributed by atoms with E-state index in [0.717, 1.165) is 0 Å².